The minimum absolute atomic E-state index is 0.263. The van der Waals surface area contributed by atoms with Crippen molar-refractivity contribution in [2.45, 2.75) is 31.7 Å². The highest BCUT2D eigenvalue weighted by Crippen LogP contribution is 2.09. The molecule has 1 saturated heterocycles. The van der Waals surface area contributed by atoms with Gasteiger partial charge in [-0.2, -0.15) is 0 Å². The summed E-state index contributed by atoms with van der Waals surface area (Å²) in [6, 6.07) is 10.6. The molecular weight excluding hydrogens is 222 g/mol. The van der Waals surface area contributed by atoms with Gasteiger partial charge in [-0.15, -0.1) is 5.54 Å². The van der Waals surface area contributed by atoms with E-state index in [0.29, 0.717) is 0 Å². The molecule has 2 rings (SSSR count). The average molecular weight is 239 g/mol. The van der Waals surface area contributed by atoms with Crippen LogP contribution in [0.25, 0.3) is 0 Å². The number of hydrogen-bond donors (Lipinski definition) is 1. The van der Waals surface area contributed by atoms with Crippen molar-refractivity contribution < 1.29 is 0 Å². The van der Waals surface area contributed by atoms with Gasteiger partial charge in [0.2, 0.25) is 0 Å². The molecule has 17 heavy (non-hydrogen) atoms. The minimum atomic E-state index is -1.25. The molecule has 0 saturated carbocycles. The summed E-state index contributed by atoms with van der Waals surface area (Å²) in [5.41, 5.74) is 4.44. The van der Waals surface area contributed by atoms with Gasteiger partial charge in [-0.05, 0) is 12.1 Å². The molecule has 0 unspecified atom stereocenters. The van der Waals surface area contributed by atoms with Crippen molar-refractivity contribution in [3.63, 3.8) is 0 Å². The van der Waals surface area contributed by atoms with Gasteiger partial charge in [-0.3, -0.25) is 5.32 Å². The van der Waals surface area contributed by atoms with Crippen molar-refractivity contribution >= 4 is 8.07 Å². The zero-order valence-corrected chi connectivity index (χ0v) is 11.5. The number of nitrogens with one attached hydrogen (secondary N) is 1. The van der Waals surface area contributed by atoms with Crippen LogP contribution in [0.15, 0.2) is 30.3 Å². The lowest BCUT2D eigenvalue weighted by atomic mass is 10.2. The molecule has 1 aromatic carbocycles. The molecule has 0 radical (unpaired) electrons. The van der Waals surface area contributed by atoms with Gasteiger partial charge in [-0.25, -0.2) is 0 Å². The third kappa shape index (κ3) is 4.11. The molecule has 1 heterocycles. The molecule has 1 nitrogen and oxygen atoms in total. The molecule has 1 aromatic rings. The van der Waals surface area contributed by atoms with Crippen LogP contribution in [0.2, 0.25) is 19.6 Å². The predicted molar refractivity (Wildman–Crippen MR) is 75.2 cm³/mol. The summed E-state index contributed by atoms with van der Waals surface area (Å²) >= 11 is 0. The topological polar surface area (TPSA) is 21.9 Å². The predicted octanol–water partition coefficient (Wildman–Crippen LogP) is 2.26. The van der Waals surface area contributed by atoms with Crippen LogP contribution in [0.1, 0.15) is 5.56 Å². The Hall–Kier alpha value is -1.48. The quantitative estimate of drug-likeness (QED) is 0.419. The largest absolute Gasteiger partial charge is 0.286 e. The van der Waals surface area contributed by atoms with E-state index in [1.54, 1.807) is 0 Å². The van der Waals surface area contributed by atoms with Crippen LogP contribution in [0.5, 0.6) is 0 Å². The summed E-state index contributed by atoms with van der Waals surface area (Å²) in [5, 5.41) is 3.29. The molecule has 86 valence electrons. The lowest BCUT2D eigenvalue weighted by Gasteiger charge is -2.02. The Balaban J connectivity index is 1.93. The van der Waals surface area contributed by atoms with E-state index in [9.17, 15) is 0 Å². The highest BCUT2D eigenvalue weighted by atomic mass is 28.3. The van der Waals surface area contributed by atoms with Gasteiger partial charge < -0.3 is 0 Å². The van der Waals surface area contributed by atoms with E-state index in [0.717, 1.165) is 5.56 Å². The second-order valence-corrected chi connectivity index (χ2v) is 10.0. The molecule has 0 spiro atoms. The van der Waals surface area contributed by atoms with Crippen molar-refractivity contribution in [3.8, 4) is 23.3 Å². The summed E-state index contributed by atoms with van der Waals surface area (Å²) < 4.78 is 0. The normalized spacial score (nSPS) is 21.8. The van der Waals surface area contributed by atoms with Gasteiger partial charge in [0.25, 0.3) is 0 Å². The van der Waals surface area contributed by atoms with Crippen LogP contribution < -0.4 is 5.32 Å². The Kier molecular flexibility index (Phi) is 3.38. The summed E-state index contributed by atoms with van der Waals surface area (Å²) in [7, 11) is -1.25. The molecule has 0 bridgehead atoms. The van der Waals surface area contributed by atoms with Gasteiger partial charge in [0.15, 0.2) is 0 Å². The fourth-order valence-electron chi connectivity index (χ4n) is 1.36. The first kappa shape index (κ1) is 12.0. The van der Waals surface area contributed by atoms with Crippen LogP contribution in [0, 0.1) is 23.3 Å². The van der Waals surface area contributed by atoms with Gasteiger partial charge in [0.1, 0.15) is 8.07 Å². The van der Waals surface area contributed by atoms with Crippen molar-refractivity contribution in [2.24, 2.45) is 0 Å². The summed E-state index contributed by atoms with van der Waals surface area (Å²) in [6.07, 6.45) is 0. The second-order valence-electron chi connectivity index (χ2n) is 5.28. The molecule has 2 heteroatoms. The van der Waals surface area contributed by atoms with Crippen molar-refractivity contribution in [1.29, 1.82) is 0 Å². The SMILES string of the molecule is C[Si](C)(C)C#C[C@H]1N[C@@H]1C#Cc1ccccc1. The first-order valence-corrected chi connectivity index (χ1v) is 9.40. The van der Waals surface area contributed by atoms with Crippen LogP contribution in [0.3, 0.4) is 0 Å². The second kappa shape index (κ2) is 4.80. The minimum Gasteiger partial charge on any atom is -0.286 e. The number of benzene rings is 1. The Morgan fingerprint density at radius 1 is 1.00 bits per heavy atom. The lowest BCUT2D eigenvalue weighted by Crippen LogP contribution is -2.16. The molecule has 2 atom stereocenters. The molecule has 1 aliphatic heterocycles. The van der Waals surface area contributed by atoms with Crippen molar-refractivity contribution in [3.05, 3.63) is 35.9 Å². The van der Waals surface area contributed by atoms with E-state index in [1.165, 1.54) is 0 Å². The van der Waals surface area contributed by atoms with E-state index in [2.05, 4.69) is 48.3 Å². The molecule has 1 aliphatic rings. The summed E-state index contributed by atoms with van der Waals surface area (Å²) in [6.45, 7) is 6.77. The summed E-state index contributed by atoms with van der Waals surface area (Å²) in [4.78, 5) is 0. The van der Waals surface area contributed by atoms with Crippen molar-refractivity contribution in [1.82, 2.24) is 5.32 Å². The van der Waals surface area contributed by atoms with Gasteiger partial charge in [0, 0.05) is 5.56 Å². The van der Waals surface area contributed by atoms with Gasteiger partial charge in [0.05, 0.1) is 12.1 Å². The lowest BCUT2D eigenvalue weighted by molar-refractivity contribution is 1.22. The Morgan fingerprint density at radius 3 is 2.29 bits per heavy atom. The van der Waals surface area contributed by atoms with Crippen LogP contribution in [-0.4, -0.2) is 20.2 Å². The fourth-order valence-corrected chi connectivity index (χ4v) is 1.95. The smallest absolute Gasteiger partial charge is 0.129 e. The first-order valence-electron chi connectivity index (χ1n) is 5.90. The van der Waals surface area contributed by atoms with E-state index < -0.39 is 8.07 Å². The zero-order valence-electron chi connectivity index (χ0n) is 10.5. The van der Waals surface area contributed by atoms with E-state index in [4.69, 9.17) is 0 Å². The van der Waals surface area contributed by atoms with Gasteiger partial charge in [-0.1, -0.05) is 55.6 Å². The maximum atomic E-state index is 3.37. The monoisotopic (exact) mass is 239 g/mol. The van der Waals surface area contributed by atoms with E-state index in [-0.39, 0.29) is 12.1 Å². The van der Waals surface area contributed by atoms with E-state index in [1.807, 2.05) is 30.3 Å². The first-order chi connectivity index (χ1) is 8.04. The molecule has 1 fully saturated rings. The number of hydrogen-bond acceptors (Lipinski definition) is 1. The number of rotatable bonds is 0. The highest BCUT2D eigenvalue weighted by Gasteiger charge is 2.32. The van der Waals surface area contributed by atoms with Crippen LogP contribution in [-0.2, 0) is 0 Å². The molecular formula is C15H17NSi. The standard InChI is InChI=1S/C15H17NSi/c1-17(2,3)12-11-15-14(16-15)10-9-13-7-5-4-6-8-13/h4-8,14-16H,1-3H3/t14-,15-/m1/s1. The Labute approximate surface area is 105 Å². The molecule has 0 amide bonds. The third-order valence-corrected chi connectivity index (χ3v) is 3.23. The fraction of sp³-hybridized carbons (Fsp3) is 0.333. The van der Waals surface area contributed by atoms with Gasteiger partial charge >= 0.3 is 0 Å². The van der Waals surface area contributed by atoms with Crippen LogP contribution in [0.4, 0.5) is 0 Å². The molecule has 0 aromatic heterocycles. The average Bonchev–Trinajstić information content (AvgIpc) is 3.03. The maximum Gasteiger partial charge on any atom is 0.129 e. The highest BCUT2D eigenvalue weighted by molar-refractivity contribution is 6.83. The zero-order chi connectivity index (χ0) is 12.3. The Bertz CT molecular complexity index is 505. The Morgan fingerprint density at radius 2 is 1.65 bits per heavy atom. The van der Waals surface area contributed by atoms with Crippen LogP contribution >= 0.6 is 0 Å². The molecule has 0 aliphatic carbocycles. The summed E-state index contributed by atoms with van der Waals surface area (Å²) in [5.74, 6) is 9.66. The van der Waals surface area contributed by atoms with E-state index >= 15 is 0 Å². The maximum absolute atomic E-state index is 3.37. The third-order valence-electron chi connectivity index (χ3n) is 2.33. The molecule has 1 N–H and O–H groups in total. The van der Waals surface area contributed by atoms with Crippen molar-refractivity contribution in [2.75, 3.05) is 0 Å².